The zero-order valence-corrected chi connectivity index (χ0v) is 16.2. The lowest BCUT2D eigenvalue weighted by atomic mass is 9.94. The number of anilines is 1. The zero-order valence-electron chi connectivity index (χ0n) is 14.6. The molecule has 0 saturated carbocycles. The molecule has 5 nitrogen and oxygen atoms in total. The minimum atomic E-state index is -0.731. The highest BCUT2D eigenvalue weighted by molar-refractivity contribution is 7.80. The van der Waals surface area contributed by atoms with E-state index in [1.807, 2.05) is 0 Å². The van der Waals surface area contributed by atoms with Crippen molar-refractivity contribution in [3.63, 3.8) is 0 Å². The van der Waals surface area contributed by atoms with Crippen LogP contribution in [0, 0.1) is 5.82 Å². The third-order valence-corrected chi connectivity index (χ3v) is 4.59. The number of nitrogens with one attached hydrogen (secondary N) is 3. The summed E-state index contributed by atoms with van der Waals surface area (Å²) in [5, 5.41) is 9.43. The van der Waals surface area contributed by atoms with Crippen LogP contribution >= 0.6 is 23.8 Å². The predicted octanol–water partition coefficient (Wildman–Crippen LogP) is 3.92. The van der Waals surface area contributed by atoms with Crippen LogP contribution in [0.4, 0.5) is 10.1 Å². The molecule has 0 fully saturated rings. The van der Waals surface area contributed by atoms with Gasteiger partial charge in [0.05, 0.1) is 24.4 Å². The minimum Gasteiger partial charge on any atom is -0.495 e. The summed E-state index contributed by atoms with van der Waals surface area (Å²) in [7, 11) is 1.49. The number of halogens is 2. The number of thiocarbonyl (C=S) groups is 1. The van der Waals surface area contributed by atoms with Crippen LogP contribution in [0.1, 0.15) is 18.5 Å². The Morgan fingerprint density at radius 2 is 2.04 bits per heavy atom. The summed E-state index contributed by atoms with van der Waals surface area (Å²) >= 11 is 11.2. The van der Waals surface area contributed by atoms with E-state index in [4.69, 9.17) is 28.6 Å². The standard InChI is InChI=1S/C19H17ClFN3O2S/c1-10-16(18(25)23-14-9-11(20)7-8-15(14)26-2)17(24-19(27)22-10)12-5-3-4-6-13(12)21/h3-9,17H,1-2H3,(H,23,25)(H2,22,24,27)/t17-/m1/s1. The Morgan fingerprint density at radius 3 is 2.74 bits per heavy atom. The molecule has 1 amide bonds. The van der Waals surface area contributed by atoms with E-state index in [-0.39, 0.29) is 0 Å². The van der Waals surface area contributed by atoms with E-state index in [9.17, 15) is 9.18 Å². The number of ether oxygens (including phenoxy) is 1. The van der Waals surface area contributed by atoms with Gasteiger partial charge < -0.3 is 20.7 Å². The van der Waals surface area contributed by atoms with Gasteiger partial charge in [-0.1, -0.05) is 29.8 Å². The molecular formula is C19H17ClFN3O2S. The Kier molecular flexibility index (Phi) is 5.62. The normalized spacial score (nSPS) is 16.4. The van der Waals surface area contributed by atoms with Crippen LogP contribution in [-0.4, -0.2) is 18.1 Å². The molecule has 2 aromatic carbocycles. The fourth-order valence-corrected chi connectivity index (χ4v) is 3.35. The minimum absolute atomic E-state index is 0.315. The fraction of sp³-hybridized carbons (Fsp3) is 0.158. The Morgan fingerprint density at radius 1 is 1.30 bits per heavy atom. The molecule has 0 bridgehead atoms. The van der Waals surface area contributed by atoms with E-state index >= 15 is 0 Å². The Bertz CT molecular complexity index is 948. The topological polar surface area (TPSA) is 62.4 Å². The van der Waals surface area contributed by atoms with Crippen molar-refractivity contribution in [1.29, 1.82) is 0 Å². The van der Waals surface area contributed by atoms with Gasteiger partial charge in [0, 0.05) is 16.3 Å². The van der Waals surface area contributed by atoms with Crippen molar-refractivity contribution < 1.29 is 13.9 Å². The van der Waals surface area contributed by atoms with Crippen LogP contribution in [0.3, 0.4) is 0 Å². The second kappa shape index (κ2) is 7.94. The molecule has 2 aromatic rings. The molecule has 0 aliphatic carbocycles. The second-order valence-electron chi connectivity index (χ2n) is 5.89. The van der Waals surface area contributed by atoms with Crippen molar-refractivity contribution in [2.75, 3.05) is 12.4 Å². The predicted molar refractivity (Wildman–Crippen MR) is 107 cm³/mol. The van der Waals surface area contributed by atoms with Crippen molar-refractivity contribution in [2.24, 2.45) is 0 Å². The first kappa shape index (κ1) is 19.1. The van der Waals surface area contributed by atoms with Gasteiger partial charge in [-0.25, -0.2) is 4.39 Å². The number of carbonyl (C=O) groups excluding carboxylic acids is 1. The van der Waals surface area contributed by atoms with Gasteiger partial charge in [-0.15, -0.1) is 0 Å². The molecule has 27 heavy (non-hydrogen) atoms. The van der Waals surface area contributed by atoms with Crippen LogP contribution in [0.25, 0.3) is 0 Å². The summed E-state index contributed by atoms with van der Waals surface area (Å²) in [5.41, 5.74) is 1.58. The molecule has 140 valence electrons. The SMILES string of the molecule is COc1ccc(Cl)cc1NC(=O)C1=C(C)NC(=S)N[C@@H]1c1ccccc1F. The zero-order chi connectivity index (χ0) is 19.6. The van der Waals surface area contributed by atoms with E-state index in [1.54, 1.807) is 43.3 Å². The molecule has 3 rings (SSSR count). The first-order chi connectivity index (χ1) is 12.9. The lowest BCUT2D eigenvalue weighted by molar-refractivity contribution is -0.113. The molecule has 0 spiro atoms. The summed E-state index contributed by atoms with van der Waals surface area (Å²) < 4.78 is 19.6. The number of benzene rings is 2. The molecule has 1 atom stereocenters. The van der Waals surface area contributed by atoms with E-state index in [1.165, 1.54) is 13.2 Å². The van der Waals surface area contributed by atoms with Gasteiger partial charge in [0.25, 0.3) is 5.91 Å². The van der Waals surface area contributed by atoms with Crippen LogP contribution in [-0.2, 0) is 4.79 Å². The summed E-state index contributed by atoms with van der Waals surface area (Å²) in [5.74, 6) is -0.400. The number of hydrogen-bond donors (Lipinski definition) is 3. The monoisotopic (exact) mass is 405 g/mol. The highest BCUT2D eigenvalue weighted by Gasteiger charge is 2.31. The number of carbonyl (C=O) groups is 1. The third-order valence-electron chi connectivity index (χ3n) is 4.14. The Labute approximate surface area is 166 Å². The highest BCUT2D eigenvalue weighted by Crippen LogP contribution is 2.32. The molecule has 0 saturated heterocycles. The summed E-state index contributed by atoms with van der Waals surface area (Å²) in [4.78, 5) is 13.0. The quantitative estimate of drug-likeness (QED) is 0.673. The summed E-state index contributed by atoms with van der Waals surface area (Å²) in [6.45, 7) is 1.71. The van der Waals surface area contributed by atoms with Gasteiger partial charge in [0.2, 0.25) is 0 Å². The Hall–Kier alpha value is -2.64. The fourth-order valence-electron chi connectivity index (χ4n) is 2.90. The molecule has 0 aromatic heterocycles. The maximum absolute atomic E-state index is 14.4. The largest absolute Gasteiger partial charge is 0.495 e. The van der Waals surface area contributed by atoms with E-state index in [0.29, 0.717) is 38.4 Å². The average Bonchev–Trinajstić information content (AvgIpc) is 2.61. The number of hydrogen-bond acceptors (Lipinski definition) is 3. The molecular weight excluding hydrogens is 389 g/mol. The van der Waals surface area contributed by atoms with Gasteiger partial charge >= 0.3 is 0 Å². The van der Waals surface area contributed by atoms with Crippen LogP contribution in [0.2, 0.25) is 5.02 Å². The summed E-state index contributed by atoms with van der Waals surface area (Å²) in [6.07, 6.45) is 0. The molecule has 0 unspecified atom stereocenters. The maximum Gasteiger partial charge on any atom is 0.255 e. The maximum atomic E-state index is 14.4. The van der Waals surface area contributed by atoms with Crippen LogP contribution in [0.15, 0.2) is 53.7 Å². The van der Waals surface area contributed by atoms with Gasteiger partial charge in [0.1, 0.15) is 11.6 Å². The van der Waals surface area contributed by atoms with Gasteiger partial charge in [0.15, 0.2) is 5.11 Å². The molecule has 8 heteroatoms. The van der Waals surface area contributed by atoms with E-state index in [0.717, 1.165) is 0 Å². The number of amides is 1. The van der Waals surface area contributed by atoms with Gasteiger partial charge in [-0.05, 0) is 43.4 Å². The second-order valence-corrected chi connectivity index (χ2v) is 6.74. The lowest BCUT2D eigenvalue weighted by Crippen LogP contribution is -2.46. The van der Waals surface area contributed by atoms with Crippen molar-refractivity contribution >= 4 is 40.5 Å². The van der Waals surface area contributed by atoms with Crippen molar-refractivity contribution in [3.05, 3.63) is 70.1 Å². The van der Waals surface area contributed by atoms with Crippen molar-refractivity contribution in [1.82, 2.24) is 10.6 Å². The molecule has 1 heterocycles. The van der Waals surface area contributed by atoms with Crippen molar-refractivity contribution in [3.8, 4) is 5.75 Å². The van der Waals surface area contributed by atoms with Crippen LogP contribution in [0.5, 0.6) is 5.75 Å². The number of rotatable bonds is 4. The van der Waals surface area contributed by atoms with Gasteiger partial charge in [-0.2, -0.15) is 0 Å². The van der Waals surface area contributed by atoms with E-state index < -0.39 is 17.8 Å². The number of methoxy groups -OCH3 is 1. The molecule has 1 aliphatic rings. The van der Waals surface area contributed by atoms with Gasteiger partial charge in [-0.3, -0.25) is 4.79 Å². The Balaban J connectivity index is 2.00. The van der Waals surface area contributed by atoms with E-state index in [2.05, 4.69) is 16.0 Å². The molecule has 0 radical (unpaired) electrons. The first-order valence-electron chi connectivity index (χ1n) is 8.08. The highest BCUT2D eigenvalue weighted by atomic mass is 35.5. The third kappa shape index (κ3) is 4.04. The molecule has 1 aliphatic heterocycles. The number of allylic oxidation sites excluding steroid dienone is 1. The van der Waals surface area contributed by atoms with Crippen LogP contribution < -0.4 is 20.7 Å². The smallest absolute Gasteiger partial charge is 0.255 e. The first-order valence-corrected chi connectivity index (χ1v) is 8.87. The average molecular weight is 406 g/mol. The summed E-state index contributed by atoms with van der Waals surface area (Å²) in [6, 6.07) is 10.4. The van der Waals surface area contributed by atoms with Crippen molar-refractivity contribution in [2.45, 2.75) is 13.0 Å². The molecule has 3 N–H and O–H groups in total. The lowest BCUT2D eigenvalue weighted by Gasteiger charge is -2.30.